The molecule has 3 fully saturated rings. The van der Waals surface area contributed by atoms with Gasteiger partial charge in [-0.1, -0.05) is 12.1 Å². The molecule has 11 nitrogen and oxygen atoms in total. The minimum atomic E-state index is -0.551. The zero-order chi connectivity index (χ0) is 32.0. The van der Waals surface area contributed by atoms with Crippen molar-refractivity contribution in [1.29, 1.82) is 5.26 Å². The van der Waals surface area contributed by atoms with Gasteiger partial charge in [-0.05, 0) is 55.7 Å². The van der Waals surface area contributed by atoms with Crippen molar-refractivity contribution in [3.8, 4) is 34.3 Å². The number of piperazine rings is 1. The maximum atomic E-state index is 11.7. The number of carbonyl (C=O) groups is 1. The molecule has 5 aromatic rings. The lowest BCUT2D eigenvalue weighted by atomic mass is 9.87. The third-order valence-corrected chi connectivity index (χ3v) is 9.10. The quantitative estimate of drug-likeness (QED) is 0.268. The number of hydrogen-bond donors (Lipinski definition) is 1. The zero-order valence-electron chi connectivity index (χ0n) is 26.3. The van der Waals surface area contributed by atoms with Gasteiger partial charge < -0.3 is 15.0 Å². The van der Waals surface area contributed by atoms with Crippen LogP contribution >= 0.6 is 0 Å². The van der Waals surface area contributed by atoms with Crippen LogP contribution in [0.15, 0.2) is 73.4 Å². The fourth-order valence-electron chi connectivity index (χ4n) is 6.71. The molecule has 0 spiro atoms. The van der Waals surface area contributed by atoms with E-state index >= 15 is 0 Å². The van der Waals surface area contributed by atoms with Gasteiger partial charge in [0.05, 0.1) is 35.6 Å². The van der Waals surface area contributed by atoms with E-state index in [1.807, 2.05) is 56.7 Å². The summed E-state index contributed by atoms with van der Waals surface area (Å²) in [6, 6.07) is 17.3. The van der Waals surface area contributed by atoms with Crippen LogP contribution in [0.4, 0.5) is 5.82 Å². The maximum absolute atomic E-state index is 11.7. The number of amides is 1. The molecule has 2 atom stereocenters. The molecule has 2 unspecified atom stereocenters. The van der Waals surface area contributed by atoms with Gasteiger partial charge in [0, 0.05) is 86.2 Å². The predicted molar refractivity (Wildman–Crippen MR) is 174 cm³/mol. The molecule has 3 aliphatic heterocycles. The average Bonchev–Trinajstić information content (AvgIpc) is 3.50. The number of anilines is 1. The Morgan fingerprint density at radius 3 is 2.48 bits per heavy atom. The van der Waals surface area contributed by atoms with Crippen LogP contribution in [0.3, 0.4) is 0 Å². The van der Waals surface area contributed by atoms with Gasteiger partial charge in [-0.2, -0.15) is 10.4 Å². The van der Waals surface area contributed by atoms with Gasteiger partial charge >= 0.3 is 0 Å². The number of hydrogen-bond acceptors (Lipinski definition) is 9. The summed E-state index contributed by atoms with van der Waals surface area (Å²) in [6.07, 6.45) is 10.2. The lowest BCUT2D eigenvalue weighted by molar-refractivity contribution is -0.120. The summed E-state index contributed by atoms with van der Waals surface area (Å²) in [5.41, 5.74) is 6.12. The largest absolute Gasteiger partial charge is 0.481 e. The number of fused-ring (bicyclic) bond motifs is 3. The summed E-state index contributed by atoms with van der Waals surface area (Å²) >= 11 is 0. The van der Waals surface area contributed by atoms with Gasteiger partial charge in [0.25, 0.3) is 0 Å². The molecule has 0 saturated carbocycles. The second-order valence-electron chi connectivity index (χ2n) is 12.6. The Morgan fingerprint density at radius 2 is 1.85 bits per heavy atom. The van der Waals surface area contributed by atoms with Crippen LogP contribution in [-0.2, 0) is 16.9 Å². The average molecular weight is 614 g/mol. The van der Waals surface area contributed by atoms with Crippen molar-refractivity contribution in [2.24, 2.45) is 0 Å². The third kappa shape index (κ3) is 5.41. The SMILES string of the molecule is COc1ccc(CN2C3CC2CN(c2ccc(-c4cc(-c5ccc(C(C)(C)NC(C)=O)cn5)cn5ncc(C#N)c45)cn2)C3)cn1. The van der Waals surface area contributed by atoms with Crippen LogP contribution < -0.4 is 15.0 Å². The fraction of sp³-hybridized carbons (Fsp3) is 0.314. The highest BCUT2D eigenvalue weighted by atomic mass is 16.5. The van der Waals surface area contributed by atoms with Crippen molar-refractivity contribution in [3.63, 3.8) is 0 Å². The van der Waals surface area contributed by atoms with Gasteiger partial charge in [-0.25, -0.2) is 14.5 Å². The molecular weight excluding hydrogens is 578 g/mol. The minimum absolute atomic E-state index is 0.0997. The van der Waals surface area contributed by atoms with Gasteiger partial charge in [0.15, 0.2) is 0 Å². The van der Waals surface area contributed by atoms with Gasteiger partial charge in [0.2, 0.25) is 11.8 Å². The number of rotatable bonds is 8. The van der Waals surface area contributed by atoms with E-state index in [1.165, 1.54) is 18.9 Å². The monoisotopic (exact) mass is 613 g/mol. The van der Waals surface area contributed by atoms with E-state index < -0.39 is 5.54 Å². The number of pyridine rings is 4. The van der Waals surface area contributed by atoms with Gasteiger partial charge in [0.1, 0.15) is 11.9 Å². The second kappa shape index (κ2) is 11.5. The van der Waals surface area contributed by atoms with E-state index in [2.05, 4.69) is 49.5 Å². The summed E-state index contributed by atoms with van der Waals surface area (Å²) in [4.78, 5) is 30.6. The first-order valence-electron chi connectivity index (χ1n) is 15.4. The highest BCUT2D eigenvalue weighted by Crippen LogP contribution is 2.37. The summed E-state index contributed by atoms with van der Waals surface area (Å²) < 4.78 is 6.93. The smallest absolute Gasteiger partial charge is 0.217 e. The number of nitrogens with zero attached hydrogens (tertiary/aromatic N) is 8. The third-order valence-electron chi connectivity index (χ3n) is 9.10. The molecule has 46 heavy (non-hydrogen) atoms. The van der Waals surface area contributed by atoms with E-state index in [-0.39, 0.29) is 5.91 Å². The number of piperidine rings is 1. The molecule has 0 aliphatic carbocycles. The molecule has 0 radical (unpaired) electrons. The molecule has 3 aliphatic rings. The molecule has 3 saturated heterocycles. The number of methoxy groups -OCH3 is 1. The molecule has 8 heterocycles. The molecule has 0 aromatic carbocycles. The minimum Gasteiger partial charge on any atom is -0.481 e. The Labute approximate surface area is 267 Å². The number of carbonyl (C=O) groups excluding carboxylic acids is 1. The topological polar surface area (TPSA) is 125 Å². The fourth-order valence-corrected chi connectivity index (χ4v) is 6.71. The number of aromatic nitrogens is 5. The number of ether oxygens (including phenoxy) is 1. The Hall–Kier alpha value is -5.34. The van der Waals surface area contributed by atoms with Crippen molar-refractivity contribution in [3.05, 3.63) is 90.1 Å². The molecule has 232 valence electrons. The first-order chi connectivity index (χ1) is 22.2. The van der Waals surface area contributed by atoms with Crippen molar-refractivity contribution < 1.29 is 9.53 Å². The van der Waals surface area contributed by atoms with Crippen molar-refractivity contribution in [2.75, 3.05) is 25.1 Å². The lowest BCUT2D eigenvalue weighted by Crippen LogP contribution is -2.68. The molecule has 1 N–H and O–H groups in total. The van der Waals surface area contributed by atoms with Gasteiger partial charge in [-0.15, -0.1) is 0 Å². The van der Waals surface area contributed by atoms with E-state index in [9.17, 15) is 10.1 Å². The molecule has 1 amide bonds. The summed E-state index contributed by atoms with van der Waals surface area (Å²) in [5.74, 6) is 1.48. The number of nitrogens with one attached hydrogen (secondary N) is 1. The van der Waals surface area contributed by atoms with Crippen molar-refractivity contribution >= 4 is 17.2 Å². The van der Waals surface area contributed by atoms with Crippen molar-refractivity contribution in [2.45, 2.75) is 51.4 Å². The Kier molecular flexibility index (Phi) is 7.37. The van der Waals surface area contributed by atoms with E-state index in [1.54, 1.807) is 24.0 Å². The highest BCUT2D eigenvalue weighted by Gasteiger charge is 2.44. The molecule has 5 aromatic heterocycles. The van der Waals surface area contributed by atoms with E-state index in [4.69, 9.17) is 14.7 Å². The Bertz CT molecular complexity index is 1930. The zero-order valence-corrected chi connectivity index (χ0v) is 26.3. The van der Waals surface area contributed by atoms with Crippen LogP contribution in [0.1, 0.15) is 43.9 Å². The summed E-state index contributed by atoms with van der Waals surface area (Å²) in [7, 11) is 1.63. The van der Waals surface area contributed by atoms with Crippen LogP contribution in [0.5, 0.6) is 5.88 Å². The normalized spacial score (nSPS) is 17.8. The lowest BCUT2D eigenvalue weighted by Gasteiger charge is -2.56. The van der Waals surface area contributed by atoms with E-state index in [0.717, 1.165) is 58.9 Å². The van der Waals surface area contributed by atoms with Crippen LogP contribution in [0.2, 0.25) is 0 Å². The first kappa shape index (κ1) is 29.4. The molecule has 2 bridgehead atoms. The van der Waals surface area contributed by atoms with Gasteiger partial charge in [-0.3, -0.25) is 14.7 Å². The van der Waals surface area contributed by atoms with E-state index in [0.29, 0.717) is 23.5 Å². The van der Waals surface area contributed by atoms with Crippen LogP contribution in [0, 0.1) is 11.3 Å². The predicted octanol–water partition coefficient (Wildman–Crippen LogP) is 4.57. The molecular formula is C35H35N9O2. The standard InChI is InChI=1S/C35H35N9O2/c1-22(45)41-35(2,3)27-7-8-31(37-17-27)25-11-30(34-26(13-36)16-40-44(34)19-25)24-6-9-32(38-15-24)42-20-28-12-29(21-42)43(28)18-23-5-10-33(46-4)39-14-23/h5-11,14-17,19,28-29H,12,18,20-21H2,1-4H3,(H,41,45). The second-order valence-corrected chi connectivity index (χ2v) is 12.6. The highest BCUT2D eigenvalue weighted by molar-refractivity contribution is 5.87. The summed E-state index contributed by atoms with van der Waals surface area (Å²) in [5, 5.41) is 17.3. The van der Waals surface area contributed by atoms with Crippen LogP contribution in [-0.4, -0.2) is 67.7 Å². The summed E-state index contributed by atoms with van der Waals surface area (Å²) in [6.45, 7) is 8.13. The van der Waals surface area contributed by atoms with Crippen molar-refractivity contribution in [1.82, 2.24) is 34.8 Å². The Balaban J connectivity index is 1.12. The maximum Gasteiger partial charge on any atom is 0.217 e. The van der Waals surface area contributed by atoms with Crippen LogP contribution in [0.25, 0.3) is 27.9 Å². The molecule has 8 rings (SSSR count). The molecule has 11 heteroatoms. The first-order valence-corrected chi connectivity index (χ1v) is 15.4. The number of nitriles is 1. The Morgan fingerprint density at radius 1 is 1.02 bits per heavy atom.